The predicted octanol–water partition coefficient (Wildman–Crippen LogP) is 3.31. The lowest BCUT2D eigenvalue weighted by Gasteiger charge is -2.17. The normalized spacial score (nSPS) is 14.1. The summed E-state index contributed by atoms with van der Waals surface area (Å²) < 4.78 is 40.1. The number of carbonyl (C=O) groups is 2. The molecule has 0 spiro atoms. The maximum Gasteiger partial charge on any atom is 0.573 e. The van der Waals surface area contributed by atoms with Crippen LogP contribution in [0.1, 0.15) is 15.9 Å². The van der Waals surface area contributed by atoms with Gasteiger partial charge in [0, 0.05) is 0 Å². The molecule has 0 bridgehead atoms. The van der Waals surface area contributed by atoms with E-state index in [1.165, 1.54) is 17.0 Å². The Morgan fingerprint density at radius 3 is 2.26 bits per heavy atom. The minimum atomic E-state index is -4.75. The molecule has 0 saturated heterocycles. The van der Waals surface area contributed by atoms with Crippen LogP contribution >= 0.6 is 0 Å². The van der Waals surface area contributed by atoms with Crippen LogP contribution in [0, 0.1) is 0 Å². The van der Waals surface area contributed by atoms with Gasteiger partial charge >= 0.3 is 6.36 Å². The van der Waals surface area contributed by atoms with Crippen molar-refractivity contribution >= 4 is 17.4 Å². The van der Waals surface area contributed by atoms with E-state index >= 15 is 0 Å². The lowest BCUT2D eigenvalue weighted by molar-refractivity contribution is -0.274. The fraction of sp³-hybridized carbons (Fsp3) is 0.125. The maximum atomic E-state index is 12.1. The van der Waals surface area contributed by atoms with Crippen molar-refractivity contribution in [3.05, 3.63) is 59.7 Å². The number of fused-ring (bicyclic) bond motifs is 1. The second-order valence-electron chi connectivity index (χ2n) is 4.93. The van der Waals surface area contributed by atoms with E-state index in [9.17, 15) is 22.8 Å². The van der Waals surface area contributed by atoms with Gasteiger partial charge < -0.3 is 9.64 Å². The lowest BCUT2D eigenvalue weighted by atomic mass is 10.1. The average molecular weight is 321 g/mol. The number of halogens is 3. The van der Waals surface area contributed by atoms with Crippen LogP contribution < -0.4 is 9.64 Å². The van der Waals surface area contributed by atoms with E-state index in [0.717, 1.165) is 12.1 Å². The van der Waals surface area contributed by atoms with Crippen molar-refractivity contribution in [2.24, 2.45) is 0 Å². The molecule has 0 radical (unpaired) electrons. The number of amides is 1. The van der Waals surface area contributed by atoms with Crippen LogP contribution in [-0.2, 0) is 11.3 Å². The molecule has 1 aliphatic rings. The Morgan fingerprint density at radius 2 is 1.61 bits per heavy atom. The third-order valence-corrected chi connectivity index (χ3v) is 3.38. The number of para-hydroxylation sites is 1. The molecule has 0 aromatic heterocycles. The lowest BCUT2D eigenvalue weighted by Crippen LogP contribution is -2.29. The topological polar surface area (TPSA) is 46.6 Å². The van der Waals surface area contributed by atoms with Crippen molar-refractivity contribution in [2.45, 2.75) is 12.9 Å². The molecule has 3 rings (SSSR count). The number of anilines is 1. The third-order valence-electron chi connectivity index (χ3n) is 3.38. The summed E-state index contributed by atoms with van der Waals surface area (Å²) in [5.41, 5.74) is 1.41. The van der Waals surface area contributed by atoms with Gasteiger partial charge in [0.1, 0.15) is 5.75 Å². The van der Waals surface area contributed by atoms with Crippen LogP contribution in [0.2, 0.25) is 0 Å². The molecule has 1 heterocycles. The van der Waals surface area contributed by atoms with E-state index in [0.29, 0.717) is 16.8 Å². The number of ketones is 1. The van der Waals surface area contributed by atoms with E-state index in [1.54, 1.807) is 24.3 Å². The number of carbonyl (C=O) groups excluding carboxylic acids is 2. The van der Waals surface area contributed by atoms with E-state index in [-0.39, 0.29) is 12.3 Å². The SMILES string of the molecule is O=C1C(=O)N(Cc2ccc(OC(F)(F)F)cc2)c2ccccc21. The van der Waals surface area contributed by atoms with Gasteiger partial charge in [-0.05, 0) is 29.8 Å². The zero-order valence-electron chi connectivity index (χ0n) is 11.6. The van der Waals surface area contributed by atoms with Crippen LogP contribution in [-0.4, -0.2) is 18.1 Å². The Balaban J connectivity index is 1.80. The molecule has 0 atom stereocenters. The highest BCUT2D eigenvalue weighted by Gasteiger charge is 2.35. The third kappa shape index (κ3) is 3.03. The second kappa shape index (κ2) is 5.42. The zero-order valence-corrected chi connectivity index (χ0v) is 11.6. The van der Waals surface area contributed by atoms with Crippen molar-refractivity contribution in [1.29, 1.82) is 0 Å². The maximum absolute atomic E-state index is 12.1. The van der Waals surface area contributed by atoms with Crippen LogP contribution in [0.4, 0.5) is 18.9 Å². The first-order valence-corrected chi connectivity index (χ1v) is 6.65. The molecule has 0 aliphatic carbocycles. The fourth-order valence-corrected chi connectivity index (χ4v) is 2.38. The first kappa shape index (κ1) is 15.1. The Labute approximate surface area is 129 Å². The Bertz CT molecular complexity index is 769. The van der Waals surface area contributed by atoms with E-state index in [4.69, 9.17) is 0 Å². The largest absolute Gasteiger partial charge is 0.573 e. The van der Waals surface area contributed by atoms with Gasteiger partial charge in [0.2, 0.25) is 0 Å². The standard InChI is InChI=1S/C16H10F3NO3/c17-16(18,19)23-11-7-5-10(6-8-11)9-20-13-4-2-1-3-12(13)14(21)15(20)22/h1-8H,9H2. The van der Waals surface area contributed by atoms with Crippen molar-refractivity contribution in [1.82, 2.24) is 0 Å². The molecule has 2 aromatic carbocycles. The number of Topliss-reactive ketones (excluding diaryl/α,β-unsaturated/α-hetero) is 1. The molecule has 118 valence electrons. The molecular formula is C16H10F3NO3. The predicted molar refractivity (Wildman–Crippen MR) is 75.1 cm³/mol. The second-order valence-corrected chi connectivity index (χ2v) is 4.93. The van der Waals surface area contributed by atoms with E-state index in [1.807, 2.05) is 0 Å². The fourth-order valence-electron chi connectivity index (χ4n) is 2.38. The molecule has 2 aromatic rings. The smallest absolute Gasteiger partial charge is 0.406 e. The number of rotatable bonds is 3. The van der Waals surface area contributed by atoms with Crippen LogP contribution in [0.25, 0.3) is 0 Å². The Hall–Kier alpha value is -2.83. The van der Waals surface area contributed by atoms with Gasteiger partial charge in [-0.2, -0.15) is 0 Å². The quantitative estimate of drug-likeness (QED) is 0.815. The molecule has 7 heteroatoms. The molecule has 0 fully saturated rings. The minimum absolute atomic E-state index is 0.0912. The van der Waals surface area contributed by atoms with Crippen LogP contribution in [0.3, 0.4) is 0 Å². The number of benzene rings is 2. The molecule has 1 aliphatic heterocycles. The van der Waals surface area contributed by atoms with Gasteiger partial charge in [-0.25, -0.2) is 0 Å². The van der Waals surface area contributed by atoms with Gasteiger partial charge in [0.25, 0.3) is 11.7 Å². The first-order valence-electron chi connectivity index (χ1n) is 6.65. The van der Waals surface area contributed by atoms with Crippen LogP contribution in [0.15, 0.2) is 48.5 Å². The van der Waals surface area contributed by atoms with Crippen molar-refractivity contribution in [3.63, 3.8) is 0 Å². The molecule has 23 heavy (non-hydrogen) atoms. The minimum Gasteiger partial charge on any atom is -0.406 e. The first-order chi connectivity index (χ1) is 10.8. The van der Waals surface area contributed by atoms with Gasteiger partial charge in [-0.1, -0.05) is 24.3 Å². The number of nitrogens with zero attached hydrogens (tertiary/aromatic N) is 1. The van der Waals surface area contributed by atoms with Crippen molar-refractivity contribution in [2.75, 3.05) is 4.90 Å². The highest BCUT2D eigenvalue weighted by Crippen LogP contribution is 2.30. The Morgan fingerprint density at radius 1 is 0.957 bits per heavy atom. The molecule has 0 N–H and O–H groups in total. The highest BCUT2D eigenvalue weighted by molar-refractivity contribution is 6.52. The van der Waals surface area contributed by atoms with Gasteiger partial charge in [0.05, 0.1) is 17.8 Å². The van der Waals surface area contributed by atoms with Crippen molar-refractivity contribution < 1.29 is 27.5 Å². The average Bonchev–Trinajstić information content (AvgIpc) is 2.73. The van der Waals surface area contributed by atoms with Gasteiger partial charge in [-0.15, -0.1) is 13.2 Å². The Kier molecular flexibility index (Phi) is 3.55. The van der Waals surface area contributed by atoms with E-state index < -0.39 is 18.1 Å². The highest BCUT2D eigenvalue weighted by atomic mass is 19.4. The monoisotopic (exact) mass is 321 g/mol. The van der Waals surface area contributed by atoms with Crippen molar-refractivity contribution in [3.8, 4) is 5.75 Å². The number of ether oxygens (including phenoxy) is 1. The molecule has 1 amide bonds. The summed E-state index contributed by atoms with van der Waals surface area (Å²) in [4.78, 5) is 25.2. The van der Waals surface area contributed by atoms with Gasteiger partial charge in [-0.3, -0.25) is 9.59 Å². The molecular weight excluding hydrogens is 311 g/mol. The number of hydrogen-bond acceptors (Lipinski definition) is 3. The zero-order chi connectivity index (χ0) is 16.6. The number of alkyl halides is 3. The summed E-state index contributed by atoms with van der Waals surface area (Å²) in [6.45, 7) is 0.0912. The summed E-state index contributed by atoms with van der Waals surface area (Å²) in [6.07, 6.45) is -4.75. The summed E-state index contributed by atoms with van der Waals surface area (Å²) in [6, 6.07) is 11.7. The summed E-state index contributed by atoms with van der Waals surface area (Å²) in [5.74, 6) is -1.58. The van der Waals surface area contributed by atoms with Crippen LogP contribution in [0.5, 0.6) is 5.75 Å². The summed E-state index contributed by atoms with van der Waals surface area (Å²) in [7, 11) is 0. The summed E-state index contributed by atoms with van der Waals surface area (Å²) >= 11 is 0. The molecule has 0 saturated carbocycles. The van der Waals surface area contributed by atoms with Gasteiger partial charge in [0.15, 0.2) is 0 Å². The number of hydrogen-bond donors (Lipinski definition) is 0. The molecule has 4 nitrogen and oxygen atoms in total. The van der Waals surface area contributed by atoms with E-state index in [2.05, 4.69) is 4.74 Å². The molecule has 0 unspecified atom stereocenters. The summed E-state index contributed by atoms with van der Waals surface area (Å²) in [5, 5.41) is 0.